The number of thiophene rings is 1. The first-order valence-electron chi connectivity index (χ1n) is 7.32. The van der Waals surface area contributed by atoms with Crippen molar-refractivity contribution in [1.82, 2.24) is 0 Å². The average Bonchev–Trinajstić information content (AvgIpc) is 2.62. The Morgan fingerprint density at radius 1 is 1.45 bits per heavy atom. The van der Waals surface area contributed by atoms with Gasteiger partial charge in [-0.15, -0.1) is 23.1 Å². The van der Waals surface area contributed by atoms with Gasteiger partial charge in [-0.25, -0.2) is 0 Å². The number of ketones is 1. The van der Waals surface area contributed by atoms with E-state index in [0.29, 0.717) is 12.1 Å². The molecule has 0 aliphatic carbocycles. The molecule has 1 atom stereocenters. The van der Waals surface area contributed by atoms with E-state index in [9.17, 15) is 4.79 Å². The van der Waals surface area contributed by atoms with Gasteiger partial charge in [-0.05, 0) is 31.4 Å². The Hall–Kier alpha value is -0.680. The molecule has 2 N–H and O–H groups in total. The molecule has 0 amide bonds. The molecule has 112 valence electrons. The van der Waals surface area contributed by atoms with Gasteiger partial charge in [0, 0.05) is 19.5 Å². The van der Waals surface area contributed by atoms with Crippen molar-refractivity contribution in [3.8, 4) is 0 Å². The highest BCUT2D eigenvalue weighted by molar-refractivity contribution is 7.99. The van der Waals surface area contributed by atoms with Gasteiger partial charge < -0.3 is 10.6 Å². The van der Waals surface area contributed by atoms with Crippen molar-refractivity contribution in [2.24, 2.45) is 5.92 Å². The van der Waals surface area contributed by atoms with Gasteiger partial charge in [-0.1, -0.05) is 13.8 Å². The van der Waals surface area contributed by atoms with Crippen LogP contribution in [0.25, 0.3) is 0 Å². The van der Waals surface area contributed by atoms with Crippen LogP contribution < -0.4 is 10.6 Å². The summed E-state index contributed by atoms with van der Waals surface area (Å²) in [6.45, 7) is 6.38. The predicted octanol–water partition coefficient (Wildman–Crippen LogP) is 4.27. The minimum Gasteiger partial charge on any atom is -0.396 e. The molecule has 1 aliphatic heterocycles. The fourth-order valence-electron chi connectivity index (χ4n) is 2.66. The number of nitrogen functional groups attached to an aromatic ring is 1. The molecule has 1 aromatic heterocycles. The highest BCUT2D eigenvalue weighted by atomic mass is 32.2. The van der Waals surface area contributed by atoms with E-state index < -0.39 is 0 Å². The van der Waals surface area contributed by atoms with Crippen molar-refractivity contribution in [1.29, 1.82) is 0 Å². The summed E-state index contributed by atoms with van der Waals surface area (Å²) < 4.78 is 0. The molecule has 0 saturated carbocycles. The first-order chi connectivity index (χ1) is 9.58. The van der Waals surface area contributed by atoms with Crippen molar-refractivity contribution < 1.29 is 4.79 Å². The summed E-state index contributed by atoms with van der Waals surface area (Å²) in [5.74, 6) is 0.962. The van der Waals surface area contributed by atoms with Crippen LogP contribution in [0.3, 0.4) is 0 Å². The van der Waals surface area contributed by atoms with Crippen LogP contribution in [0.4, 0.5) is 10.7 Å². The Morgan fingerprint density at radius 2 is 2.20 bits per heavy atom. The molecule has 0 aromatic carbocycles. The van der Waals surface area contributed by atoms with Crippen LogP contribution in [0.15, 0.2) is 4.90 Å². The molecule has 1 fully saturated rings. The second-order valence-electron chi connectivity index (χ2n) is 5.48. The number of carbonyl (C=O) groups excluding carboxylic acids is 1. The van der Waals surface area contributed by atoms with E-state index in [1.807, 2.05) is 13.2 Å². The lowest BCUT2D eigenvalue weighted by Crippen LogP contribution is -2.23. The highest BCUT2D eigenvalue weighted by Crippen LogP contribution is 2.44. The number of Topliss-reactive ketones (excluding diaryl/α,β-unsaturated/α-hetero) is 1. The first kappa shape index (κ1) is 15.7. The molecule has 0 spiro atoms. The van der Waals surface area contributed by atoms with Crippen molar-refractivity contribution in [2.45, 2.75) is 44.4 Å². The average molecular weight is 313 g/mol. The highest BCUT2D eigenvalue weighted by Gasteiger charge is 2.24. The molecule has 1 aliphatic rings. The third-order valence-corrected chi connectivity index (χ3v) is 6.22. The Bertz CT molecular complexity index is 484. The molecule has 2 heterocycles. The number of hydrogen-bond acceptors (Lipinski definition) is 5. The molecule has 1 unspecified atom stereocenters. The van der Waals surface area contributed by atoms with Crippen LogP contribution >= 0.6 is 23.1 Å². The van der Waals surface area contributed by atoms with Gasteiger partial charge in [0.15, 0.2) is 5.78 Å². The quantitative estimate of drug-likeness (QED) is 0.666. The fourth-order valence-corrected chi connectivity index (χ4v) is 4.90. The summed E-state index contributed by atoms with van der Waals surface area (Å²) in [4.78, 5) is 16.3. The molecular weight excluding hydrogens is 288 g/mol. The summed E-state index contributed by atoms with van der Waals surface area (Å²) in [5, 5.41) is 1.21. The van der Waals surface area contributed by atoms with E-state index >= 15 is 0 Å². The SMILES string of the molecule is CCC(=O)c1sc(N2CCCC(C)CC2)c(SC)c1N. The van der Waals surface area contributed by atoms with Crippen molar-refractivity contribution in [3.63, 3.8) is 0 Å². The van der Waals surface area contributed by atoms with Crippen LogP contribution in [0.5, 0.6) is 0 Å². The molecule has 0 bridgehead atoms. The van der Waals surface area contributed by atoms with Gasteiger partial charge in [-0.2, -0.15) is 0 Å². The summed E-state index contributed by atoms with van der Waals surface area (Å²) >= 11 is 3.25. The second kappa shape index (κ2) is 6.85. The maximum atomic E-state index is 12.0. The van der Waals surface area contributed by atoms with Gasteiger partial charge in [0.2, 0.25) is 0 Å². The molecule has 1 aromatic rings. The van der Waals surface area contributed by atoms with Gasteiger partial charge in [0.1, 0.15) is 5.00 Å². The Labute approximate surface area is 129 Å². The monoisotopic (exact) mass is 312 g/mol. The fraction of sp³-hybridized carbons (Fsp3) is 0.667. The maximum absolute atomic E-state index is 12.0. The molecule has 20 heavy (non-hydrogen) atoms. The van der Waals surface area contributed by atoms with E-state index in [1.165, 1.54) is 24.3 Å². The van der Waals surface area contributed by atoms with Gasteiger partial charge in [0.05, 0.1) is 15.5 Å². The van der Waals surface area contributed by atoms with Crippen LogP contribution in [-0.2, 0) is 0 Å². The minimum absolute atomic E-state index is 0.164. The number of anilines is 2. The molecule has 3 nitrogen and oxygen atoms in total. The van der Waals surface area contributed by atoms with E-state index in [4.69, 9.17) is 5.73 Å². The zero-order valence-electron chi connectivity index (χ0n) is 12.6. The smallest absolute Gasteiger partial charge is 0.174 e. The second-order valence-corrected chi connectivity index (χ2v) is 7.30. The zero-order valence-corrected chi connectivity index (χ0v) is 14.2. The Kier molecular flexibility index (Phi) is 5.38. The van der Waals surface area contributed by atoms with E-state index in [0.717, 1.165) is 28.8 Å². The number of hydrogen-bond donors (Lipinski definition) is 1. The third-order valence-electron chi connectivity index (χ3n) is 3.96. The van der Waals surface area contributed by atoms with Crippen LogP contribution in [-0.4, -0.2) is 25.1 Å². The lowest BCUT2D eigenvalue weighted by molar-refractivity contribution is 0.0992. The molecular formula is C15H24N2OS2. The standard InChI is InChI=1S/C15H24N2OS2/c1-4-11(18)13-12(16)14(19-3)15(20-13)17-8-5-6-10(2)7-9-17/h10H,4-9,16H2,1-3H3. The van der Waals surface area contributed by atoms with E-state index in [-0.39, 0.29) is 5.78 Å². The molecule has 1 saturated heterocycles. The topological polar surface area (TPSA) is 46.3 Å². The summed E-state index contributed by atoms with van der Waals surface area (Å²) in [7, 11) is 0. The Balaban J connectivity index is 2.32. The van der Waals surface area contributed by atoms with Crippen LogP contribution in [0, 0.1) is 5.92 Å². The van der Waals surface area contributed by atoms with Gasteiger partial charge in [0.25, 0.3) is 0 Å². The van der Waals surface area contributed by atoms with Crippen molar-refractivity contribution in [3.05, 3.63) is 4.88 Å². The summed E-state index contributed by atoms with van der Waals surface area (Å²) in [6, 6.07) is 0. The molecule has 5 heteroatoms. The lowest BCUT2D eigenvalue weighted by atomic mass is 10.0. The normalized spacial score (nSPS) is 19.9. The number of rotatable bonds is 4. The van der Waals surface area contributed by atoms with Crippen LogP contribution in [0.2, 0.25) is 0 Å². The maximum Gasteiger partial charge on any atom is 0.174 e. The predicted molar refractivity (Wildman–Crippen MR) is 90.4 cm³/mol. The third kappa shape index (κ3) is 3.14. The van der Waals surface area contributed by atoms with E-state index in [1.54, 1.807) is 23.1 Å². The van der Waals surface area contributed by atoms with Crippen LogP contribution in [0.1, 0.15) is 49.2 Å². The van der Waals surface area contributed by atoms with Crippen molar-refractivity contribution in [2.75, 3.05) is 30.0 Å². The van der Waals surface area contributed by atoms with Crippen molar-refractivity contribution >= 4 is 39.6 Å². The van der Waals surface area contributed by atoms with Gasteiger partial charge in [-0.3, -0.25) is 4.79 Å². The molecule has 0 radical (unpaired) electrons. The van der Waals surface area contributed by atoms with E-state index in [2.05, 4.69) is 11.8 Å². The summed E-state index contributed by atoms with van der Waals surface area (Å²) in [6.07, 6.45) is 6.32. The number of carbonyl (C=O) groups is 1. The lowest BCUT2D eigenvalue weighted by Gasteiger charge is -2.22. The zero-order chi connectivity index (χ0) is 14.7. The summed E-state index contributed by atoms with van der Waals surface area (Å²) in [5.41, 5.74) is 6.90. The number of nitrogens with zero attached hydrogens (tertiary/aromatic N) is 1. The molecule has 2 rings (SSSR count). The first-order valence-corrected chi connectivity index (χ1v) is 9.37. The number of nitrogens with two attached hydrogens (primary N) is 1. The minimum atomic E-state index is 0.164. The number of thioether (sulfide) groups is 1. The van der Waals surface area contributed by atoms with Gasteiger partial charge >= 0.3 is 0 Å². The Morgan fingerprint density at radius 3 is 2.85 bits per heavy atom. The largest absolute Gasteiger partial charge is 0.396 e.